The van der Waals surface area contributed by atoms with Crippen molar-refractivity contribution in [1.82, 2.24) is 9.55 Å². The van der Waals surface area contributed by atoms with Gasteiger partial charge in [-0.05, 0) is 38.5 Å². The number of nitrogens with zero attached hydrogens (tertiary/aromatic N) is 2. The van der Waals surface area contributed by atoms with Crippen molar-refractivity contribution in [3.63, 3.8) is 0 Å². The van der Waals surface area contributed by atoms with Crippen LogP contribution in [-0.4, -0.2) is 9.55 Å². The first kappa shape index (κ1) is 15.3. The molecule has 0 spiro atoms. The van der Waals surface area contributed by atoms with Gasteiger partial charge in [0.05, 0.1) is 16.4 Å². The van der Waals surface area contributed by atoms with Crippen LogP contribution in [0.5, 0.6) is 0 Å². The molecule has 2 nitrogen and oxygen atoms in total. The van der Waals surface area contributed by atoms with Gasteiger partial charge < -0.3 is 4.57 Å². The number of halogens is 2. The van der Waals surface area contributed by atoms with Gasteiger partial charge in [0.2, 0.25) is 0 Å². The maximum Gasteiger partial charge on any atom is 0.127 e. The molecule has 0 bridgehead atoms. The molecule has 110 valence electrons. The van der Waals surface area contributed by atoms with E-state index in [0.717, 1.165) is 23.3 Å². The van der Waals surface area contributed by atoms with Crippen molar-refractivity contribution in [3.8, 4) is 0 Å². The van der Waals surface area contributed by atoms with Gasteiger partial charge in [-0.15, -0.1) is 11.6 Å². The number of benzene rings is 1. The predicted molar refractivity (Wildman–Crippen MR) is 82.8 cm³/mol. The van der Waals surface area contributed by atoms with Gasteiger partial charge in [0.1, 0.15) is 11.6 Å². The van der Waals surface area contributed by atoms with Crippen molar-refractivity contribution in [1.29, 1.82) is 0 Å². The molecule has 0 saturated heterocycles. The van der Waals surface area contributed by atoms with E-state index in [1.807, 2.05) is 6.92 Å². The van der Waals surface area contributed by atoms with Crippen molar-refractivity contribution >= 4 is 22.6 Å². The second-order valence-corrected chi connectivity index (χ2v) is 6.09. The Labute approximate surface area is 125 Å². The summed E-state index contributed by atoms with van der Waals surface area (Å²) in [5, 5.41) is -0.181. The maximum atomic E-state index is 13.5. The van der Waals surface area contributed by atoms with E-state index in [0.29, 0.717) is 0 Å². The molecule has 1 aromatic heterocycles. The van der Waals surface area contributed by atoms with Crippen LogP contribution in [0.2, 0.25) is 0 Å². The lowest BCUT2D eigenvalue weighted by atomic mass is 10.1. The summed E-state index contributed by atoms with van der Waals surface area (Å²) in [6, 6.07) is 5.01. The Hall–Kier alpha value is -1.09. The molecule has 20 heavy (non-hydrogen) atoms. The first-order chi connectivity index (χ1) is 9.54. The number of unbranched alkanes of at least 4 members (excludes halogenated alkanes) is 2. The summed E-state index contributed by atoms with van der Waals surface area (Å²) in [6.45, 7) is 6.26. The number of aromatic nitrogens is 2. The minimum Gasteiger partial charge on any atom is -0.324 e. The van der Waals surface area contributed by atoms with E-state index in [1.165, 1.54) is 25.3 Å². The van der Waals surface area contributed by atoms with Gasteiger partial charge in [-0.2, -0.15) is 0 Å². The van der Waals surface area contributed by atoms with Gasteiger partial charge in [0.15, 0.2) is 0 Å². The summed E-state index contributed by atoms with van der Waals surface area (Å²) in [5.41, 5.74) is 1.66. The first-order valence-electron chi connectivity index (χ1n) is 7.36. The predicted octanol–water partition coefficient (Wildman–Crippen LogP) is 5.62. The van der Waals surface area contributed by atoms with Crippen LogP contribution in [0, 0.1) is 5.82 Å². The third-order valence-corrected chi connectivity index (χ3v) is 3.90. The monoisotopic (exact) mass is 296 g/mol. The standard InChI is InChI=1S/C16H22ClFN2/c1-4-5-6-7-11(2)20-15-10-13(18)8-9-14(15)19-16(20)12(3)17/h8-12H,4-7H2,1-3H3. The summed E-state index contributed by atoms with van der Waals surface area (Å²) in [6.07, 6.45) is 4.65. The summed E-state index contributed by atoms with van der Waals surface area (Å²) in [5.74, 6) is 0.601. The molecule has 0 N–H and O–H groups in total. The molecule has 0 saturated carbocycles. The van der Waals surface area contributed by atoms with Crippen LogP contribution in [0.25, 0.3) is 11.0 Å². The number of hydrogen-bond acceptors (Lipinski definition) is 1. The van der Waals surface area contributed by atoms with E-state index in [2.05, 4.69) is 23.4 Å². The first-order valence-corrected chi connectivity index (χ1v) is 7.79. The second kappa shape index (κ2) is 6.57. The SMILES string of the molecule is CCCCCC(C)n1c(C(C)Cl)nc2ccc(F)cc21. The zero-order chi connectivity index (χ0) is 14.7. The zero-order valence-corrected chi connectivity index (χ0v) is 13.1. The molecule has 2 aromatic rings. The molecule has 0 amide bonds. The molecule has 2 unspecified atom stereocenters. The fraction of sp³-hybridized carbons (Fsp3) is 0.562. The lowest BCUT2D eigenvalue weighted by molar-refractivity contribution is 0.472. The summed E-state index contributed by atoms with van der Waals surface area (Å²) >= 11 is 6.25. The number of alkyl halides is 1. The summed E-state index contributed by atoms with van der Waals surface area (Å²) in [7, 11) is 0. The molecule has 0 aliphatic rings. The number of hydrogen-bond donors (Lipinski definition) is 0. The smallest absolute Gasteiger partial charge is 0.127 e. The molecule has 0 radical (unpaired) electrons. The van der Waals surface area contributed by atoms with Gasteiger partial charge in [0.25, 0.3) is 0 Å². The molecule has 2 atom stereocenters. The lowest BCUT2D eigenvalue weighted by Crippen LogP contribution is -2.10. The van der Waals surface area contributed by atoms with Gasteiger partial charge in [-0.1, -0.05) is 26.2 Å². The van der Waals surface area contributed by atoms with E-state index < -0.39 is 0 Å². The van der Waals surface area contributed by atoms with Crippen molar-refractivity contribution in [2.45, 2.75) is 57.9 Å². The van der Waals surface area contributed by atoms with Gasteiger partial charge in [-0.25, -0.2) is 9.37 Å². The number of fused-ring (bicyclic) bond motifs is 1. The highest BCUT2D eigenvalue weighted by Crippen LogP contribution is 2.30. The highest BCUT2D eigenvalue weighted by atomic mass is 35.5. The highest BCUT2D eigenvalue weighted by molar-refractivity contribution is 6.20. The third kappa shape index (κ3) is 3.14. The minimum absolute atomic E-state index is 0.181. The molecular weight excluding hydrogens is 275 g/mol. The average Bonchev–Trinajstić information content (AvgIpc) is 2.77. The van der Waals surface area contributed by atoms with Crippen LogP contribution in [0.3, 0.4) is 0 Å². The molecule has 2 rings (SSSR count). The maximum absolute atomic E-state index is 13.5. The Morgan fingerprint density at radius 3 is 2.70 bits per heavy atom. The van der Waals surface area contributed by atoms with Crippen LogP contribution in [-0.2, 0) is 0 Å². The van der Waals surface area contributed by atoms with Crippen LogP contribution in [0.15, 0.2) is 18.2 Å². The summed E-state index contributed by atoms with van der Waals surface area (Å²) < 4.78 is 15.6. The molecular formula is C16H22ClFN2. The van der Waals surface area contributed by atoms with Crippen LogP contribution < -0.4 is 0 Å². The molecule has 4 heteroatoms. The quantitative estimate of drug-likeness (QED) is 0.500. The van der Waals surface area contributed by atoms with Gasteiger partial charge in [0, 0.05) is 6.04 Å². The van der Waals surface area contributed by atoms with E-state index in [4.69, 9.17) is 11.6 Å². The van der Waals surface area contributed by atoms with Crippen molar-refractivity contribution < 1.29 is 4.39 Å². The van der Waals surface area contributed by atoms with Crippen LogP contribution in [0.4, 0.5) is 4.39 Å². The number of imidazole rings is 1. The van der Waals surface area contributed by atoms with E-state index in [9.17, 15) is 4.39 Å². The van der Waals surface area contributed by atoms with E-state index >= 15 is 0 Å². The Balaban J connectivity index is 2.42. The second-order valence-electron chi connectivity index (χ2n) is 5.43. The summed E-state index contributed by atoms with van der Waals surface area (Å²) in [4.78, 5) is 4.57. The Kier molecular flexibility index (Phi) is 5.03. The molecule has 1 heterocycles. The van der Waals surface area contributed by atoms with E-state index in [-0.39, 0.29) is 17.2 Å². The van der Waals surface area contributed by atoms with Crippen LogP contribution in [0.1, 0.15) is 63.7 Å². The van der Waals surface area contributed by atoms with Gasteiger partial charge >= 0.3 is 0 Å². The zero-order valence-electron chi connectivity index (χ0n) is 12.4. The van der Waals surface area contributed by atoms with E-state index in [1.54, 1.807) is 12.1 Å². The number of rotatable bonds is 6. The Morgan fingerprint density at radius 2 is 2.05 bits per heavy atom. The molecule has 1 aromatic carbocycles. The van der Waals surface area contributed by atoms with Crippen molar-refractivity contribution in [2.24, 2.45) is 0 Å². The Bertz CT molecular complexity index is 577. The normalized spacial score (nSPS) is 14.7. The molecule has 0 aliphatic carbocycles. The van der Waals surface area contributed by atoms with Crippen LogP contribution >= 0.6 is 11.6 Å². The highest BCUT2D eigenvalue weighted by Gasteiger charge is 2.19. The fourth-order valence-electron chi connectivity index (χ4n) is 2.65. The fourth-order valence-corrected chi connectivity index (χ4v) is 2.80. The van der Waals surface area contributed by atoms with Crippen molar-refractivity contribution in [2.75, 3.05) is 0 Å². The topological polar surface area (TPSA) is 17.8 Å². The minimum atomic E-state index is -0.229. The molecule has 0 fully saturated rings. The molecule has 0 aliphatic heterocycles. The average molecular weight is 297 g/mol. The lowest BCUT2D eigenvalue weighted by Gasteiger charge is -2.18. The van der Waals surface area contributed by atoms with Crippen molar-refractivity contribution in [3.05, 3.63) is 29.8 Å². The largest absolute Gasteiger partial charge is 0.324 e. The third-order valence-electron chi connectivity index (χ3n) is 3.70. The van der Waals surface area contributed by atoms with Gasteiger partial charge in [-0.3, -0.25) is 0 Å². The Morgan fingerprint density at radius 1 is 1.30 bits per heavy atom.